The van der Waals surface area contributed by atoms with Gasteiger partial charge in [0.1, 0.15) is 6.10 Å². The predicted octanol–water partition coefficient (Wildman–Crippen LogP) is 5.38. The van der Waals surface area contributed by atoms with Crippen LogP contribution in [0.15, 0.2) is 76.6 Å². The monoisotopic (exact) mass is 358 g/mol. The van der Waals surface area contributed by atoms with Crippen LogP contribution in [0.4, 0.5) is 0 Å². The average Bonchev–Trinajstić information content (AvgIpc) is 2.96. The molecule has 1 N–H and O–H groups in total. The van der Waals surface area contributed by atoms with Crippen molar-refractivity contribution in [1.82, 2.24) is 0 Å². The first-order valence-corrected chi connectivity index (χ1v) is 8.45. The van der Waals surface area contributed by atoms with Crippen molar-refractivity contribution in [1.29, 1.82) is 0 Å². The fourth-order valence-electron chi connectivity index (χ4n) is 2.55. The van der Waals surface area contributed by atoms with Crippen LogP contribution in [-0.2, 0) is 0 Å². The van der Waals surface area contributed by atoms with Crippen LogP contribution in [0.2, 0.25) is 0 Å². The van der Waals surface area contributed by atoms with Crippen LogP contribution >= 0.6 is 27.3 Å². The Kier molecular flexibility index (Phi) is 4.54. The first-order valence-electron chi connectivity index (χ1n) is 6.78. The summed E-state index contributed by atoms with van der Waals surface area (Å²) in [7, 11) is 0. The zero-order valence-corrected chi connectivity index (χ0v) is 13.7. The number of hydrogen-bond acceptors (Lipinski definition) is 2. The molecule has 0 spiro atoms. The minimum atomic E-state index is -0.566. The SMILES string of the molecule is OC(c1sccc1Br)C(c1ccccc1)c1ccccc1. The summed E-state index contributed by atoms with van der Waals surface area (Å²) in [6.07, 6.45) is -0.566. The molecule has 0 aliphatic rings. The molecule has 0 aliphatic heterocycles. The Hall–Kier alpha value is -1.42. The molecule has 0 fully saturated rings. The zero-order chi connectivity index (χ0) is 14.7. The molecule has 106 valence electrons. The highest BCUT2D eigenvalue weighted by molar-refractivity contribution is 9.10. The van der Waals surface area contributed by atoms with Gasteiger partial charge in [0.2, 0.25) is 0 Å². The highest BCUT2D eigenvalue weighted by atomic mass is 79.9. The van der Waals surface area contributed by atoms with E-state index < -0.39 is 6.10 Å². The molecule has 3 rings (SSSR count). The average molecular weight is 359 g/mol. The summed E-state index contributed by atoms with van der Waals surface area (Å²) in [6, 6.07) is 22.3. The summed E-state index contributed by atoms with van der Waals surface area (Å²) < 4.78 is 0.969. The second-order valence-electron chi connectivity index (χ2n) is 4.88. The highest BCUT2D eigenvalue weighted by Gasteiger charge is 2.26. The molecule has 1 nitrogen and oxygen atoms in total. The van der Waals surface area contributed by atoms with Crippen LogP contribution in [0.1, 0.15) is 28.0 Å². The molecule has 2 aromatic carbocycles. The number of halogens is 1. The van der Waals surface area contributed by atoms with Crippen LogP contribution in [0.5, 0.6) is 0 Å². The quantitative estimate of drug-likeness (QED) is 0.663. The Morgan fingerprint density at radius 1 is 0.810 bits per heavy atom. The van der Waals surface area contributed by atoms with Gasteiger partial charge in [0, 0.05) is 15.3 Å². The predicted molar refractivity (Wildman–Crippen MR) is 91.7 cm³/mol. The lowest BCUT2D eigenvalue weighted by molar-refractivity contribution is 0.162. The number of benzene rings is 2. The van der Waals surface area contributed by atoms with E-state index in [0.29, 0.717) is 0 Å². The molecular formula is C18H15BrOS. The van der Waals surface area contributed by atoms with E-state index in [1.807, 2.05) is 47.8 Å². The third kappa shape index (κ3) is 3.10. The number of aliphatic hydroxyl groups excluding tert-OH is 1. The molecule has 1 unspecified atom stereocenters. The third-order valence-electron chi connectivity index (χ3n) is 3.55. The summed E-state index contributed by atoms with van der Waals surface area (Å²) in [4.78, 5) is 0.965. The van der Waals surface area contributed by atoms with Gasteiger partial charge in [0.25, 0.3) is 0 Å². The molecule has 0 amide bonds. The summed E-state index contributed by atoms with van der Waals surface area (Å²) in [5, 5.41) is 12.9. The van der Waals surface area contributed by atoms with Crippen LogP contribution in [0, 0.1) is 0 Å². The van der Waals surface area contributed by atoms with Gasteiger partial charge in [0.15, 0.2) is 0 Å². The minimum Gasteiger partial charge on any atom is -0.387 e. The number of hydrogen-bond donors (Lipinski definition) is 1. The van der Waals surface area contributed by atoms with Gasteiger partial charge in [-0.3, -0.25) is 0 Å². The molecule has 0 saturated heterocycles. The molecule has 3 aromatic rings. The molecule has 1 heterocycles. The van der Waals surface area contributed by atoms with Crippen LogP contribution in [0.25, 0.3) is 0 Å². The number of rotatable bonds is 4. The Balaban J connectivity index is 2.07. The summed E-state index contributed by atoms with van der Waals surface area (Å²) in [6.45, 7) is 0. The molecular weight excluding hydrogens is 344 g/mol. The van der Waals surface area contributed by atoms with Gasteiger partial charge in [-0.25, -0.2) is 0 Å². The third-order valence-corrected chi connectivity index (χ3v) is 5.49. The second kappa shape index (κ2) is 6.56. The molecule has 1 aromatic heterocycles. The van der Waals surface area contributed by atoms with Gasteiger partial charge in [0.05, 0.1) is 0 Å². The summed E-state index contributed by atoms with van der Waals surface area (Å²) >= 11 is 5.11. The van der Waals surface area contributed by atoms with Crippen LogP contribution in [-0.4, -0.2) is 5.11 Å². The minimum absolute atomic E-state index is 0.0673. The lowest BCUT2D eigenvalue weighted by Gasteiger charge is -2.23. The van der Waals surface area contributed by atoms with E-state index in [4.69, 9.17) is 0 Å². The van der Waals surface area contributed by atoms with Crippen molar-refractivity contribution in [2.75, 3.05) is 0 Å². The van der Waals surface area contributed by atoms with Gasteiger partial charge in [-0.15, -0.1) is 11.3 Å². The topological polar surface area (TPSA) is 20.2 Å². The van der Waals surface area contributed by atoms with Crippen LogP contribution in [0.3, 0.4) is 0 Å². The fraction of sp³-hybridized carbons (Fsp3) is 0.111. The fourth-order valence-corrected chi connectivity index (χ4v) is 4.17. The van der Waals surface area contributed by atoms with Crippen molar-refractivity contribution < 1.29 is 5.11 Å². The second-order valence-corrected chi connectivity index (χ2v) is 6.68. The van der Waals surface area contributed by atoms with E-state index in [2.05, 4.69) is 40.2 Å². The van der Waals surface area contributed by atoms with Crippen molar-refractivity contribution in [2.24, 2.45) is 0 Å². The molecule has 21 heavy (non-hydrogen) atoms. The lowest BCUT2D eigenvalue weighted by atomic mass is 9.86. The molecule has 0 saturated carbocycles. The first-order chi connectivity index (χ1) is 10.3. The molecule has 0 aliphatic carbocycles. The van der Waals surface area contributed by atoms with Crippen molar-refractivity contribution in [3.8, 4) is 0 Å². The van der Waals surface area contributed by atoms with Gasteiger partial charge in [-0.1, -0.05) is 60.7 Å². The zero-order valence-electron chi connectivity index (χ0n) is 11.3. The Morgan fingerprint density at radius 3 is 1.76 bits per heavy atom. The van der Waals surface area contributed by atoms with Crippen molar-refractivity contribution in [2.45, 2.75) is 12.0 Å². The van der Waals surface area contributed by atoms with Gasteiger partial charge >= 0.3 is 0 Å². The van der Waals surface area contributed by atoms with Crippen molar-refractivity contribution in [3.63, 3.8) is 0 Å². The summed E-state index contributed by atoms with van der Waals surface area (Å²) in [5.74, 6) is -0.0673. The first kappa shape index (κ1) is 14.5. The van der Waals surface area contributed by atoms with E-state index in [1.165, 1.54) is 0 Å². The maximum Gasteiger partial charge on any atom is 0.100 e. The normalized spacial score (nSPS) is 12.5. The van der Waals surface area contributed by atoms with E-state index in [1.54, 1.807) is 11.3 Å². The van der Waals surface area contributed by atoms with Gasteiger partial charge < -0.3 is 5.11 Å². The molecule has 3 heteroatoms. The van der Waals surface area contributed by atoms with Gasteiger partial charge in [-0.05, 0) is 38.5 Å². The number of thiophene rings is 1. The van der Waals surface area contributed by atoms with E-state index in [-0.39, 0.29) is 5.92 Å². The number of aliphatic hydroxyl groups is 1. The highest BCUT2D eigenvalue weighted by Crippen LogP contribution is 2.41. The van der Waals surface area contributed by atoms with Crippen molar-refractivity contribution >= 4 is 27.3 Å². The Morgan fingerprint density at radius 2 is 1.33 bits per heavy atom. The lowest BCUT2D eigenvalue weighted by Crippen LogP contribution is -2.11. The molecule has 0 radical (unpaired) electrons. The standard InChI is InChI=1S/C18H15BrOS/c19-15-11-12-21-18(15)17(20)16(13-7-3-1-4-8-13)14-9-5-2-6-10-14/h1-12,16-17,20H. The van der Waals surface area contributed by atoms with Gasteiger partial charge in [-0.2, -0.15) is 0 Å². The smallest absolute Gasteiger partial charge is 0.100 e. The maximum atomic E-state index is 10.9. The van der Waals surface area contributed by atoms with E-state index in [0.717, 1.165) is 20.5 Å². The van der Waals surface area contributed by atoms with Crippen molar-refractivity contribution in [3.05, 3.63) is 92.6 Å². The Labute approximate surface area is 137 Å². The van der Waals surface area contributed by atoms with Crippen LogP contribution < -0.4 is 0 Å². The Bertz CT molecular complexity index is 654. The van der Waals surface area contributed by atoms with E-state index in [9.17, 15) is 5.11 Å². The maximum absolute atomic E-state index is 10.9. The molecule has 0 bridgehead atoms. The largest absolute Gasteiger partial charge is 0.387 e. The summed E-state index contributed by atoms with van der Waals surface area (Å²) in [5.41, 5.74) is 2.24. The molecule has 1 atom stereocenters. The van der Waals surface area contributed by atoms with E-state index >= 15 is 0 Å².